The van der Waals surface area contributed by atoms with E-state index in [0.29, 0.717) is 27.0 Å². The van der Waals surface area contributed by atoms with Gasteiger partial charge >= 0.3 is 6.03 Å². The standard InChI is InChI=1S/C17H12Cl2N2O3/c1-24-15-12(18)7-10(8-13(15)19)9-14-16(22)21(17(23)20-14)11-5-3-2-4-6-11/h2-9H,1H3,(H,20,23)/b14-9+. The Morgan fingerprint density at radius 1 is 1.08 bits per heavy atom. The highest BCUT2D eigenvalue weighted by Gasteiger charge is 2.34. The Kier molecular flexibility index (Phi) is 4.46. The summed E-state index contributed by atoms with van der Waals surface area (Å²) in [5.41, 5.74) is 1.21. The molecule has 5 nitrogen and oxygen atoms in total. The predicted octanol–water partition coefficient (Wildman–Crippen LogP) is 4.10. The maximum absolute atomic E-state index is 12.5. The monoisotopic (exact) mass is 362 g/mol. The van der Waals surface area contributed by atoms with Crippen molar-refractivity contribution < 1.29 is 14.3 Å². The molecule has 1 saturated heterocycles. The summed E-state index contributed by atoms with van der Waals surface area (Å²) in [4.78, 5) is 25.7. The van der Waals surface area contributed by atoms with Gasteiger partial charge < -0.3 is 10.1 Å². The molecule has 0 aromatic heterocycles. The summed E-state index contributed by atoms with van der Waals surface area (Å²) in [7, 11) is 1.46. The van der Waals surface area contributed by atoms with Gasteiger partial charge in [-0.2, -0.15) is 0 Å². The molecular formula is C17H12Cl2N2O3. The molecule has 1 fully saturated rings. The highest BCUT2D eigenvalue weighted by atomic mass is 35.5. The van der Waals surface area contributed by atoms with Crippen LogP contribution in [0.1, 0.15) is 5.56 Å². The number of carbonyl (C=O) groups excluding carboxylic acids is 2. The molecule has 3 amide bonds. The van der Waals surface area contributed by atoms with Crippen LogP contribution in [0.25, 0.3) is 6.08 Å². The molecule has 1 heterocycles. The highest BCUT2D eigenvalue weighted by Crippen LogP contribution is 2.34. The fourth-order valence-corrected chi connectivity index (χ4v) is 3.03. The molecule has 7 heteroatoms. The number of benzene rings is 2. The molecule has 1 aliphatic rings. The zero-order valence-corrected chi connectivity index (χ0v) is 14.1. The van der Waals surface area contributed by atoms with Crippen LogP contribution in [0.5, 0.6) is 5.75 Å². The van der Waals surface area contributed by atoms with Gasteiger partial charge in [0.15, 0.2) is 5.75 Å². The SMILES string of the molecule is COc1c(Cl)cc(/C=C2/NC(=O)N(c3ccccc3)C2=O)cc1Cl. The van der Waals surface area contributed by atoms with Crippen LogP contribution in [0.3, 0.4) is 0 Å². The van der Waals surface area contributed by atoms with E-state index < -0.39 is 11.9 Å². The number of methoxy groups -OCH3 is 1. The first-order valence-corrected chi connectivity index (χ1v) is 7.72. The smallest absolute Gasteiger partial charge is 0.333 e. The van der Waals surface area contributed by atoms with Crippen LogP contribution in [0.15, 0.2) is 48.2 Å². The summed E-state index contributed by atoms with van der Waals surface area (Å²) in [6.07, 6.45) is 1.51. The number of nitrogens with zero attached hydrogens (tertiary/aromatic N) is 1. The minimum atomic E-state index is -0.511. The van der Waals surface area contributed by atoms with Crippen LogP contribution in [0, 0.1) is 0 Å². The molecule has 0 spiro atoms. The van der Waals surface area contributed by atoms with E-state index in [1.54, 1.807) is 42.5 Å². The van der Waals surface area contributed by atoms with Crippen molar-refractivity contribution in [2.45, 2.75) is 0 Å². The first-order valence-electron chi connectivity index (χ1n) is 6.96. The van der Waals surface area contributed by atoms with Gasteiger partial charge in [0.1, 0.15) is 5.70 Å². The third kappa shape index (κ3) is 2.96. The van der Waals surface area contributed by atoms with E-state index in [1.165, 1.54) is 13.2 Å². The number of rotatable bonds is 3. The van der Waals surface area contributed by atoms with Crippen LogP contribution >= 0.6 is 23.2 Å². The van der Waals surface area contributed by atoms with E-state index in [2.05, 4.69) is 5.32 Å². The molecule has 0 unspecified atom stereocenters. The number of para-hydroxylation sites is 1. The number of halogens is 2. The molecule has 2 aromatic carbocycles. The number of nitrogens with one attached hydrogen (secondary N) is 1. The minimum absolute atomic E-state index is 0.140. The average molecular weight is 363 g/mol. The largest absolute Gasteiger partial charge is 0.494 e. The van der Waals surface area contributed by atoms with Gasteiger partial charge in [-0.3, -0.25) is 4.79 Å². The molecule has 1 aliphatic heterocycles. The molecule has 2 aromatic rings. The summed E-state index contributed by atoms with van der Waals surface area (Å²) in [6, 6.07) is 11.4. The lowest BCUT2D eigenvalue weighted by atomic mass is 10.1. The maximum Gasteiger partial charge on any atom is 0.333 e. The van der Waals surface area contributed by atoms with Crippen molar-refractivity contribution >= 4 is 46.9 Å². The summed E-state index contributed by atoms with van der Waals surface area (Å²) in [5.74, 6) is -0.0950. The molecule has 24 heavy (non-hydrogen) atoms. The second kappa shape index (κ2) is 6.55. The number of urea groups is 1. The highest BCUT2D eigenvalue weighted by molar-refractivity contribution is 6.37. The van der Waals surface area contributed by atoms with Gasteiger partial charge in [-0.25, -0.2) is 9.69 Å². The molecule has 3 rings (SSSR count). The third-order valence-corrected chi connectivity index (χ3v) is 3.99. The number of amides is 3. The van der Waals surface area contributed by atoms with E-state index in [0.717, 1.165) is 4.90 Å². The Hall–Kier alpha value is -2.50. The second-order valence-corrected chi connectivity index (χ2v) is 5.80. The van der Waals surface area contributed by atoms with Crippen molar-refractivity contribution in [1.29, 1.82) is 0 Å². The summed E-state index contributed by atoms with van der Waals surface area (Å²) >= 11 is 12.2. The third-order valence-electron chi connectivity index (χ3n) is 3.43. The lowest BCUT2D eigenvalue weighted by Crippen LogP contribution is -2.30. The molecule has 122 valence electrons. The van der Waals surface area contributed by atoms with E-state index >= 15 is 0 Å². The Morgan fingerprint density at radius 3 is 2.29 bits per heavy atom. The van der Waals surface area contributed by atoms with Crippen molar-refractivity contribution in [1.82, 2.24) is 5.32 Å². The van der Waals surface area contributed by atoms with Gasteiger partial charge in [0.2, 0.25) is 0 Å². The number of anilines is 1. The lowest BCUT2D eigenvalue weighted by Gasteiger charge is -2.11. The number of hydrogen-bond acceptors (Lipinski definition) is 3. The van der Waals surface area contributed by atoms with Crippen LogP contribution < -0.4 is 15.0 Å². The molecule has 0 bridgehead atoms. The quantitative estimate of drug-likeness (QED) is 0.660. The average Bonchev–Trinajstić information content (AvgIpc) is 2.82. The Labute approximate surface area is 148 Å². The molecule has 0 atom stereocenters. The summed E-state index contributed by atoms with van der Waals surface area (Å²) in [5, 5.41) is 3.18. The molecular weight excluding hydrogens is 351 g/mol. The van der Waals surface area contributed by atoms with Crippen molar-refractivity contribution in [2.75, 3.05) is 12.0 Å². The number of hydrogen-bond donors (Lipinski definition) is 1. The second-order valence-electron chi connectivity index (χ2n) is 4.98. The lowest BCUT2D eigenvalue weighted by molar-refractivity contribution is -0.113. The topological polar surface area (TPSA) is 58.6 Å². The fraction of sp³-hybridized carbons (Fsp3) is 0.0588. The van der Waals surface area contributed by atoms with E-state index in [-0.39, 0.29) is 5.70 Å². The zero-order valence-electron chi connectivity index (χ0n) is 12.5. The van der Waals surface area contributed by atoms with E-state index in [4.69, 9.17) is 27.9 Å². The Morgan fingerprint density at radius 2 is 1.71 bits per heavy atom. The zero-order chi connectivity index (χ0) is 17.3. The van der Waals surface area contributed by atoms with Crippen LogP contribution in [-0.4, -0.2) is 19.0 Å². The van der Waals surface area contributed by atoms with Gasteiger partial charge in [-0.15, -0.1) is 0 Å². The van der Waals surface area contributed by atoms with Crippen LogP contribution in [0.2, 0.25) is 10.0 Å². The van der Waals surface area contributed by atoms with Crippen molar-refractivity contribution in [3.63, 3.8) is 0 Å². The van der Waals surface area contributed by atoms with Gasteiger partial charge in [0.25, 0.3) is 5.91 Å². The maximum atomic E-state index is 12.5. The number of imide groups is 1. The van der Waals surface area contributed by atoms with E-state index in [1.807, 2.05) is 0 Å². The minimum Gasteiger partial charge on any atom is -0.494 e. The van der Waals surface area contributed by atoms with E-state index in [9.17, 15) is 9.59 Å². The summed E-state index contributed by atoms with van der Waals surface area (Å²) in [6.45, 7) is 0. The fourth-order valence-electron chi connectivity index (χ4n) is 2.37. The van der Waals surface area contributed by atoms with Gasteiger partial charge in [0, 0.05) is 0 Å². The van der Waals surface area contributed by atoms with Crippen molar-refractivity contribution in [3.05, 3.63) is 63.8 Å². The number of carbonyl (C=O) groups is 2. The van der Waals surface area contributed by atoms with Gasteiger partial charge in [-0.1, -0.05) is 41.4 Å². The molecule has 0 saturated carbocycles. The van der Waals surface area contributed by atoms with Crippen LogP contribution in [-0.2, 0) is 4.79 Å². The van der Waals surface area contributed by atoms with Gasteiger partial charge in [0.05, 0.1) is 22.8 Å². The van der Waals surface area contributed by atoms with Gasteiger partial charge in [-0.05, 0) is 35.9 Å². The molecule has 1 N–H and O–H groups in total. The summed E-state index contributed by atoms with van der Waals surface area (Å²) < 4.78 is 5.08. The van der Waals surface area contributed by atoms with Crippen LogP contribution in [0.4, 0.5) is 10.5 Å². The molecule has 0 aliphatic carbocycles. The normalized spacial score (nSPS) is 15.8. The number of ether oxygens (including phenoxy) is 1. The first-order chi connectivity index (χ1) is 11.5. The van der Waals surface area contributed by atoms with Crippen molar-refractivity contribution in [2.24, 2.45) is 0 Å². The first kappa shape index (κ1) is 16.4. The Balaban J connectivity index is 1.95. The Bertz CT molecular complexity index is 827. The molecule has 0 radical (unpaired) electrons. The van der Waals surface area contributed by atoms with Crippen molar-refractivity contribution in [3.8, 4) is 5.75 Å². The predicted molar refractivity (Wildman–Crippen MR) is 93.5 cm³/mol.